The van der Waals surface area contributed by atoms with Crippen LogP contribution in [0.1, 0.15) is 21.6 Å². The number of ether oxygens (including phenoxy) is 1. The first-order chi connectivity index (χ1) is 10.6. The third kappa shape index (κ3) is 2.44. The van der Waals surface area contributed by atoms with E-state index in [0.717, 1.165) is 33.2 Å². The molecule has 0 saturated carbocycles. The lowest BCUT2D eigenvalue weighted by Crippen LogP contribution is -2.03. The molecular weight excluding hydrogens is 296 g/mol. The number of aromatic nitrogens is 2. The molecule has 1 aromatic carbocycles. The van der Waals surface area contributed by atoms with Crippen LogP contribution >= 0.6 is 11.3 Å². The predicted octanol–water partition coefficient (Wildman–Crippen LogP) is 4.21. The summed E-state index contributed by atoms with van der Waals surface area (Å²) in [6.45, 7) is 3.78. The van der Waals surface area contributed by atoms with Gasteiger partial charge in [0.05, 0.1) is 24.1 Å². The molecule has 5 heteroatoms. The van der Waals surface area contributed by atoms with Gasteiger partial charge < -0.3 is 9.72 Å². The Hall–Kier alpha value is -2.40. The topological polar surface area (TPSA) is 55.0 Å². The maximum atomic E-state index is 11.9. The SMILES string of the molecule is COC(=O)c1c(C)[nH]c(-c2csc(-c3ccccc3)n2)c1C. The van der Waals surface area contributed by atoms with E-state index in [9.17, 15) is 4.79 Å². The number of methoxy groups -OCH3 is 1. The quantitative estimate of drug-likeness (QED) is 0.737. The fraction of sp³-hybridized carbons (Fsp3) is 0.176. The smallest absolute Gasteiger partial charge is 0.339 e. The van der Waals surface area contributed by atoms with Crippen LogP contribution in [0.5, 0.6) is 0 Å². The molecule has 0 unspecified atom stereocenters. The Balaban J connectivity index is 2.03. The Labute approximate surface area is 132 Å². The van der Waals surface area contributed by atoms with Crippen LogP contribution in [0.2, 0.25) is 0 Å². The molecule has 112 valence electrons. The number of carbonyl (C=O) groups is 1. The highest BCUT2D eigenvalue weighted by atomic mass is 32.1. The fourth-order valence-corrected chi connectivity index (χ4v) is 3.33. The van der Waals surface area contributed by atoms with E-state index in [1.807, 2.05) is 49.6 Å². The minimum atomic E-state index is -0.323. The van der Waals surface area contributed by atoms with Crippen LogP contribution in [0.3, 0.4) is 0 Å². The van der Waals surface area contributed by atoms with Gasteiger partial charge in [-0.25, -0.2) is 9.78 Å². The largest absolute Gasteiger partial charge is 0.465 e. The van der Waals surface area contributed by atoms with E-state index < -0.39 is 0 Å². The summed E-state index contributed by atoms with van der Waals surface area (Å²) in [5.41, 5.74) is 5.07. The molecule has 0 saturated heterocycles. The van der Waals surface area contributed by atoms with Gasteiger partial charge in [0.25, 0.3) is 0 Å². The third-order valence-electron chi connectivity index (χ3n) is 3.61. The number of carbonyl (C=O) groups excluding carboxylic acids is 1. The van der Waals surface area contributed by atoms with Gasteiger partial charge in [-0.1, -0.05) is 30.3 Å². The molecule has 22 heavy (non-hydrogen) atoms. The second-order valence-corrected chi connectivity index (χ2v) is 5.88. The molecule has 0 amide bonds. The number of hydrogen-bond acceptors (Lipinski definition) is 4. The van der Waals surface area contributed by atoms with Crippen LogP contribution in [0.25, 0.3) is 22.0 Å². The highest BCUT2D eigenvalue weighted by Crippen LogP contribution is 2.32. The zero-order valence-corrected chi connectivity index (χ0v) is 13.5. The highest BCUT2D eigenvalue weighted by Gasteiger charge is 2.20. The number of hydrogen-bond donors (Lipinski definition) is 1. The van der Waals surface area contributed by atoms with Crippen molar-refractivity contribution in [2.45, 2.75) is 13.8 Å². The molecule has 0 aliphatic heterocycles. The van der Waals surface area contributed by atoms with E-state index >= 15 is 0 Å². The van der Waals surface area contributed by atoms with Gasteiger partial charge in [-0.15, -0.1) is 11.3 Å². The Morgan fingerprint density at radius 3 is 2.64 bits per heavy atom. The number of aryl methyl sites for hydroxylation is 1. The van der Waals surface area contributed by atoms with Gasteiger partial charge in [-0.3, -0.25) is 0 Å². The Kier molecular flexibility index (Phi) is 3.81. The summed E-state index contributed by atoms with van der Waals surface area (Å²) in [4.78, 5) is 19.8. The van der Waals surface area contributed by atoms with Crippen LogP contribution in [0.15, 0.2) is 35.7 Å². The maximum absolute atomic E-state index is 11.9. The Morgan fingerprint density at radius 1 is 1.23 bits per heavy atom. The van der Waals surface area contributed by atoms with Crippen molar-refractivity contribution >= 4 is 17.3 Å². The van der Waals surface area contributed by atoms with Crippen LogP contribution in [0.4, 0.5) is 0 Å². The molecule has 0 atom stereocenters. The molecule has 2 heterocycles. The van der Waals surface area contributed by atoms with E-state index in [1.165, 1.54) is 7.11 Å². The number of rotatable bonds is 3. The van der Waals surface area contributed by atoms with Gasteiger partial charge in [-0.05, 0) is 19.4 Å². The zero-order valence-electron chi connectivity index (χ0n) is 12.6. The van der Waals surface area contributed by atoms with E-state index in [4.69, 9.17) is 4.74 Å². The van der Waals surface area contributed by atoms with Crippen LogP contribution in [-0.4, -0.2) is 23.0 Å². The first kappa shape index (κ1) is 14.5. The van der Waals surface area contributed by atoms with Gasteiger partial charge in [0, 0.05) is 16.6 Å². The summed E-state index contributed by atoms with van der Waals surface area (Å²) in [7, 11) is 1.39. The van der Waals surface area contributed by atoms with Crippen LogP contribution < -0.4 is 0 Å². The molecule has 2 aromatic heterocycles. The van der Waals surface area contributed by atoms with Gasteiger partial charge in [-0.2, -0.15) is 0 Å². The van der Waals surface area contributed by atoms with Crippen molar-refractivity contribution in [2.75, 3.05) is 7.11 Å². The summed E-state index contributed by atoms with van der Waals surface area (Å²) in [6.07, 6.45) is 0. The molecule has 0 fully saturated rings. The first-order valence-electron chi connectivity index (χ1n) is 6.90. The van der Waals surface area contributed by atoms with Gasteiger partial charge in [0.1, 0.15) is 5.01 Å². The van der Waals surface area contributed by atoms with Gasteiger partial charge in [0.15, 0.2) is 0 Å². The molecular formula is C17H16N2O2S. The molecule has 4 nitrogen and oxygen atoms in total. The lowest BCUT2D eigenvalue weighted by molar-refractivity contribution is 0.0599. The lowest BCUT2D eigenvalue weighted by Gasteiger charge is -1.99. The molecule has 0 aliphatic carbocycles. The number of nitrogens with one attached hydrogen (secondary N) is 1. The average molecular weight is 312 g/mol. The molecule has 3 rings (SSSR count). The highest BCUT2D eigenvalue weighted by molar-refractivity contribution is 7.13. The lowest BCUT2D eigenvalue weighted by atomic mass is 10.1. The molecule has 1 N–H and O–H groups in total. The summed E-state index contributed by atoms with van der Waals surface area (Å²) in [5, 5.41) is 2.96. The molecule has 0 spiro atoms. The van der Waals surface area contributed by atoms with E-state index in [-0.39, 0.29) is 5.97 Å². The van der Waals surface area contributed by atoms with E-state index in [2.05, 4.69) is 9.97 Å². The maximum Gasteiger partial charge on any atom is 0.339 e. The number of nitrogens with zero attached hydrogens (tertiary/aromatic N) is 1. The zero-order chi connectivity index (χ0) is 15.7. The molecule has 0 bridgehead atoms. The number of thiazole rings is 1. The van der Waals surface area contributed by atoms with E-state index in [1.54, 1.807) is 11.3 Å². The number of benzene rings is 1. The van der Waals surface area contributed by atoms with Crippen molar-refractivity contribution in [2.24, 2.45) is 0 Å². The number of aromatic amines is 1. The second kappa shape index (κ2) is 5.77. The average Bonchev–Trinajstić information content (AvgIpc) is 3.12. The Bertz CT molecular complexity index is 819. The van der Waals surface area contributed by atoms with E-state index in [0.29, 0.717) is 5.56 Å². The van der Waals surface area contributed by atoms with Crippen molar-refractivity contribution < 1.29 is 9.53 Å². The van der Waals surface area contributed by atoms with Crippen LogP contribution in [0, 0.1) is 13.8 Å². The first-order valence-corrected chi connectivity index (χ1v) is 7.78. The van der Waals surface area contributed by atoms with Gasteiger partial charge >= 0.3 is 5.97 Å². The predicted molar refractivity (Wildman–Crippen MR) is 88.2 cm³/mol. The number of H-pyrrole nitrogens is 1. The standard InChI is InChI=1S/C17H16N2O2S/c1-10-14(17(20)21-3)11(2)18-15(10)13-9-22-16(19-13)12-7-5-4-6-8-12/h4-9,18H,1-3H3. The van der Waals surface area contributed by atoms with Crippen LogP contribution in [-0.2, 0) is 4.74 Å². The Morgan fingerprint density at radius 2 is 1.95 bits per heavy atom. The monoisotopic (exact) mass is 312 g/mol. The molecule has 3 aromatic rings. The summed E-state index contributed by atoms with van der Waals surface area (Å²) >= 11 is 1.59. The minimum absolute atomic E-state index is 0.323. The number of esters is 1. The summed E-state index contributed by atoms with van der Waals surface area (Å²) < 4.78 is 4.84. The van der Waals surface area contributed by atoms with Crippen molar-refractivity contribution in [3.8, 4) is 22.0 Å². The summed E-state index contributed by atoms with van der Waals surface area (Å²) in [5.74, 6) is -0.323. The molecule has 0 aliphatic rings. The summed E-state index contributed by atoms with van der Waals surface area (Å²) in [6, 6.07) is 10.1. The third-order valence-corrected chi connectivity index (χ3v) is 4.50. The minimum Gasteiger partial charge on any atom is -0.465 e. The normalized spacial score (nSPS) is 10.7. The second-order valence-electron chi connectivity index (χ2n) is 5.02. The van der Waals surface area contributed by atoms with Crippen molar-refractivity contribution in [1.82, 2.24) is 9.97 Å². The van der Waals surface area contributed by atoms with Crippen molar-refractivity contribution in [3.63, 3.8) is 0 Å². The van der Waals surface area contributed by atoms with Crippen molar-refractivity contribution in [3.05, 3.63) is 52.5 Å². The van der Waals surface area contributed by atoms with Crippen molar-refractivity contribution in [1.29, 1.82) is 0 Å². The van der Waals surface area contributed by atoms with Gasteiger partial charge in [0.2, 0.25) is 0 Å². The fourth-order valence-electron chi connectivity index (χ4n) is 2.52. The molecule has 0 radical (unpaired) electrons.